The SMILES string of the molecule is Nc1nc(Cl)nc2c1ncn2[C@@H]1O[C@H](COC(CO)(Cc2cccc(C(F)(F)F)c2)C(=O)O)[C@@H](O)[C@@H]1F. The summed E-state index contributed by atoms with van der Waals surface area (Å²) >= 11 is 5.81. The molecule has 3 heterocycles. The van der Waals surface area contributed by atoms with Crippen LogP contribution in [0.2, 0.25) is 5.28 Å². The van der Waals surface area contributed by atoms with Crippen molar-refractivity contribution in [2.75, 3.05) is 18.9 Å². The lowest BCUT2D eigenvalue weighted by atomic mass is 9.93. The summed E-state index contributed by atoms with van der Waals surface area (Å²) in [6.45, 7) is -1.86. The van der Waals surface area contributed by atoms with Crippen molar-refractivity contribution < 1.29 is 47.1 Å². The monoisotopic (exact) mass is 549 g/mol. The molecule has 1 fully saturated rings. The number of alkyl halides is 4. The molecule has 0 radical (unpaired) electrons. The van der Waals surface area contributed by atoms with Crippen LogP contribution >= 0.6 is 11.6 Å². The number of rotatable bonds is 8. The Morgan fingerprint density at radius 1 is 1.30 bits per heavy atom. The number of benzene rings is 1. The number of nitrogens with two attached hydrogens (primary N) is 1. The quantitative estimate of drug-likeness (QED) is 0.240. The van der Waals surface area contributed by atoms with E-state index in [0.717, 1.165) is 29.1 Å². The third-order valence-electron chi connectivity index (χ3n) is 5.90. The number of hydrogen-bond acceptors (Lipinski definition) is 9. The zero-order valence-electron chi connectivity index (χ0n) is 18.6. The third-order valence-corrected chi connectivity index (χ3v) is 6.07. The summed E-state index contributed by atoms with van der Waals surface area (Å²) in [5.74, 6) is -1.76. The zero-order chi connectivity index (χ0) is 27.1. The Balaban J connectivity index is 1.54. The third kappa shape index (κ3) is 5.17. The number of aliphatic carboxylic acids is 1. The molecule has 0 saturated carbocycles. The van der Waals surface area contributed by atoms with Crippen LogP contribution in [0.3, 0.4) is 0 Å². The average Bonchev–Trinajstić information content (AvgIpc) is 3.37. The summed E-state index contributed by atoms with van der Waals surface area (Å²) in [4.78, 5) is 23.7. The van der Waals surface area contributed by atoms with Gasteiger partial charge in [0.2, 0.25) is 5.28 Å². The molecule has 1 aliphatic heterocycles. The highest BCUT2D eigenvalue weighted by atomic mass is 35.5. The molecule has 200 valence electrons. The molecule has 11 nitrogen and oxygen atoms in total. The number of hydrogen-bond donors (Lipinski definition) is 4. The van der Waals surface area contributed by atoms with Crippen LogP contribution in [0.25, 0.3) is 11.2 Å². The Bertz CT molecular complexity index is 1310. The van der Waals surface area contributed by atoms with Crippen LogP contribution < -0.4 is 5.73 Å². The van der Waals surface area contributed by atoms with Crippen molar-refractivity contribution >= 4 is 34.6 Å². The molecule has 0 bridgehead atoms. The number of fused-ring (bicyclic) bond motifs is 1. The Labute approximate surface area is 210 Å². The molecule has 4 rings (SSSR count). The largest absolute Gasteiger partial charge is 0.479 e. The van der Waals surface area contributed by atoms with Gasteiger partial charge in [-0.05, 0) is 23.2 Å². The van der Waals surface area contributed by atoms with E-state index in [1.54, 1.807) is 0 Å². The van der Waals surface area contributed by atoms with Gasteiger partial charge in [-0.15, -0.1) is 0 Å². The number of carboxylic acid groups (broad SMARTS) is 1. The Hall–Kier alpha value is -3.11. The van der Waals surface area contributed by atoms with Crippen LogP contribution in [0, 0.1) is 0 Å². The van der Waals surface area contributed by atoms with Crippen LogP contribution in [-0.2, 0) is 26.9 Å². The van der Waals surface area contributed by atoms with Gasteiger partial charge < -0.3 is 30.5 Å². The molecule has 1 aliphatic rings. The lowest BCUT2D eigenvalue weighted by Gasteiger charge is -2.29. The molecule has 1 saturated heterocycles. The second-order valence-corrected chi connectivity index (χ2v) is 8.68. The number of nitrogen functional groups attached to an aromatic ring is 1. The molecular formula is C21H20ClF4N5O6. The summed E-state index contributed by atoms with van der Waals surface area (Å²) in [5.41, 5.74) is 2.34. The lowest BCUT2D eigenvalue weighted by molar-refractivity contribution is -0.180. The molecule has 0 amide bonds. The first-order valence-corrected chi connectivity index (χ1v) is 11.0. The van der Waals surface area contributed by atoms with Gasteiger partial charge in [0.1, 0.15) is 17.7 Å². The van der Waals surface area contributed by atoms with E-state index in [4.69, 9.17) is 26.8 Å². The lowest BCUT2D eigenvalue weighted by Crippen LogP contribution is -2.49. The summed E-state index contributed by atoms with van der Waals surface area (Å²) in [5, 5.41) is 29.7. The van der Waals surface area contributed by atoms with Gasteiger partial charge in [0.25, 0.3) is 0 Å². The summed E-state index contributed by atoms with van der Waals surface area (Å²) in [6, 6.07) is 3.86. The van der Waals surface area contributed by atoms with Gasteiger partial charge in [0.05, 0.1) is 25.1 Å². The van der Waals surface area contributed by atoms with E-state index in [1.807, 2.05) is 0 Å². The van der Waals surface area contributed by atoms with E-state index in [0.29, 0.717) is 0 Å². The van der Waals surface area contributed by atoms with Gasteiger partial charge in [0, 0.05) is 6.42 Å². The Morgan fingerprint density at radius 2 is 2.03 bits per heavy atom. The van der Waals surface area contributed by atoms with Gasteiger partial charge in [-0.3, -0.25) is 4.57 Å². The maximum Gasteiger partial charge on any atom is 0.416 e. The van der Waals surface area contributed by atoms with Crippen LogP contribution in [0.15, 0.2) is 30.6 Å². The molecule has 37 heavy (non-hydrogen) atoms. The van der Waals surface area contributed by atoms with Crippen LogP contribution in [0.5, 0.6) is 0 Å². The van der Waals surface area contributed by atoms with Crippen molar-refractivity contribution in [3.05, 3.63) is 47.0 Å². The minimum atomic E-state index is -4.67. The van der Waals surface area contributed by atoms with Gasteiger partial charge in [-0.2, -0.15) is 23.1 Å². The Morgan fingerprint density at radius 3 is 2.68 bits per heavy atom. The topological polar surface area (TPSA) is 166 Å². The highest BCUT2D eigenvalue weighted by Crippen LogP contribution is 2.36. The number of nitrogens with zero attached hydrogens (tertiary/aromatic N) is 4. The number of anilines is 1. The van der Waals surface area contributed by atoms with E-state index >= 15 is 4.39 Å². The Kier molecular flexibility index (Phi) is 7.27. The number of carbonyl (C=O) groups is 1. The fourth-order valence-electron chi connectivity index (χ4n) is 3.95. The second-order valence-electron chi connectivity index (χ2n) is 8.35. The first-order chi connectivity index (χ1) is 17.4. The van der Waals surface area contributed by atoms with Gasteiger partial charge in [0.15, 0.2) is 29.5 Å². The molecule has 1 unspecified atom stereocenters. The van der Waals surface area contributed by atoms with E-state index in [2.05, 4.69) is 15.0 Å². The summed E-state index contributed by atoms with van der Waals surface area (Å²) in [7, 11) is 0. The molecule has 5 atom stereocenters. The molecule has 2 aromatic heterocycles. The number of carboxylic acids is 1. The second kappa shape index (κ2) is 9.98. The first-order valence-electron chi connectivity index (χ1n) is 10.6. The van der Waals surface area contributed by atoms with E-state index < -0.39 is 67.6 Å². The highest BCUT2D eigenvalue weighted by Gasteiger charge is 2.48. The highest BCUT2D eigenvalue weighted by molar-refractivity contribution is 6.28. The molecular weight excluding hydrogens is 530 g/mol. The molecule has 3 aromatic rings. The number of aromatic nitrogens is 4. The smallest absolute Gasteiger partial charge is 0.416 e. The van der Waals surface area contributed by atoms with Crippen molar-refractivity contribution in [3.63, 3.8) is 0 Å². The maximum atomic E-state index is 15.0. The van der Waals surface area contributed by atoms with Crippen molar-refractivity contribution in [2.24, 2.45) is 0 Å². The molecule has 5 N–H and O–H groups in total. The summed E-state index contributed by atoms with van der Waals surface area (Å²) < 4.78 is 66.3. The molecule has 0 spiro atoms. The predicted octanol–water partition coefficient (Wildman–Crippen LogP) is 1.75. The molecule has 1 aromatic carbocycles. The normalized spacial score (nSPS) is 23.9. The van der Waals surface area contributed by atoms with E-state index in [-0.39, 0.29) is 27.8 Å². The van der Waals surface area contributed by atoms with Gasteiger partial charge in [-0.1, -0.05) is 18.2 Å². The van der Waals surface area contributed by atoms with Crippen molar-refractivity contribution in [1.82, 2.24) is 19.5 Å². The minimum absolute atomic E-state index is 0.0127. The molecule has 16 heteroatoms. The zero-order valence-corrected chi connectivity index (χ0v) is 19.4. The van der Waals surface area contributed by atoms with E-state index in [9.17, 15) is 33.3 Å². The van der Waals surface area contributed by atoms with Crippen molar-refractivity contribution in [2.45, 2.75) is 42.8 Å². The number of ether oxygens (including phenoxy) is 2. The summed E-state index contributed by atoms with van der Waals surface area (Å²) in [6.07, 6.45) is -11.0. The fourth-order valence-corrected chi connectivity index (χ4v) is 4.12. The molecule has 0 aliphatic carbocycles. The fraction of sp³-hybridized carbons (Fsp3) is 0.429. The van der Waals surface area contributed by atoms with E-state index in [1.165, 1.54) is 6.07 Å². The van der Waals surface area contributed by atoms with Crippen molar-refractivity contribution in [3.8, 4) is 0 Å². The standard InChI is InChI=1S/C21H20ClF4N5O6/c22-19-29-15(27)13-16(30-19)31(8-28-13)17-12(23)14(33)11(37-17)6-36-20(7-32,18(34)35)5-9-2-1-3-10(4-9)21(24,25)26/h1-4,8,11-12,14,17,32-33H,5-7H2,(H,34,35)(H2,27,29,30)/t11-,12+,14-,17-,20?/m1/s1. The van der Waals surface area contributed by atoms with Crippen LogP contribution in [0.4, 0.5) is 23.4 Å². The van der Waals surface area contributed by atoms with Crippen LogP contribution in [0.1, 0.15) is 17.4 Å². The van der Waals surface area contributed by atoms with Gasteiger partial charge in [-0.25, -0.2) is 14.2 Å². The van der Waals surface area contributed by atoms with Crippen LogP contribution in [-0.4, -0.2) is 78.0 Å². The number of aliphatic hydroxyl groups excluding tert-OH is 2. The van der Waals surface area contributed by atoms with Gasteiger partial charge >= 0.3 is 12.1 Å². The number of aliphatic hydroxyl groups is 2. The maximum absolute atomic E-state index is 15.0. The number of imidazole rings is 1. The predicted molar refractivity (Wildman–Crippen MR) is 118 cm³/mol. The first kappa shape index (κ1) is 26.9. The van der Waals surface area contributed by atoms with Crippen molar-refractivity contribution in [1.29, 1.82) is 0 Å². The minimum Gasteiger partial charge on any atom is -0.479 e. The number of halogens is 5. The average molecular weight is 550 g/mol.